The SMILES string of the molecule is COC(=O)c1ccc(CNC(=O)c2cn(C[C@H]3CCCO3)nn2)cc1. The van der Waals surface area contributed by atoms with Crippen molar-refractivity contribution in [2.24, 2.45) is 0 Å². The Labute approximate surface area is 145 Å². The summed E-state index contributed by atoms with van der Waals surface area (Å²) >= 11 is 0. The van der Waals surface area contributed by atoms with Crippen molar-refractivity contribution in [1.82, 2.24) is 20.3 Å². The van der Waals surface area contributed by atoms with E-state index in [1.807, 2.05) is 0 Å². The van der Waals surface area contributed by atoms with Gasteiger partial charge in [0.1, 0.15) is 0 Å². The normalized spacial score (nSPS) is 16.6. The highest BCUT2D eigenvalue weighted by Gasteiger charge is 2.18. The van der Waals surface area contributed by atoms with Crippen LogP contribution in [0.2, 0.25) is 0 Å². The third kappa shape index (κ3) is 4.42. The van der Waals surface area contributed by atoms with Crippen LogP contribution in [0.1, 0.15) is 39.3 Å². The molecule has 1 N–H and O–H groups in total. The minimum absolute atomic E-state index is 0.144. The van der Waals surface area contributed by atoms with Crippen molar-refractivity contribution in [2.45, 2.75) is 32.0 Å². The first-order chi connectivity index (χ1) is 12.2. The quantitative estimate of drug-likeness (QED) is 0.791. The molecule has 3 rings (SSSR count). The van der Waals surface area contributed by atoms with Gasteiger partial charge < -0.3 is 14.8 Å². The maximum absolute atomic E-state index is 12.2. The molecule has 0 spiro atoms. The number of amides is 1. The Balaban J connectivity index is 1.52. The number of nitrogens with one attached hydrogen (secondary N) is 1. The number of hydrogen-bond donors (Lipinski definition) is 1. The van der Waals surface area contributed by atoms with E-state index < -0.39 is 5.97 Å². The molecule has 1 fully saturated rings. The lowest BCUT2D eigenvalue weighted by atomic mass is 10.1. The van der Waals surface area contributed by atoms with E-state index in [2.05, 4.69) is 20.4 Å². The zero-order valence-electron chi connectivity index (χ0n) is 14.0. The Morgan fingerprint density at radius 3 is 2.84 bits per heavy atom. The summed E-state index contributed by atoms with van der Waals surface area (Å²) in [6.07, 6.45) is 3.83. The van der Waals surface area contributed by atoms with Crippen LogP contribution in [0, 0.1) is 0 Å². The fourth-order valence-corrected chi connectivity index (χ4v) is 2.64. The summed E-state index contributed by atoms with van der Waals surface area (Å²) in [5.41, 5.74) is 1.60. The van der Waals surface area contributed by atoms with Gasteiger partial charge in [0.05, 0.1) is 31.5 Å². The molecule has 0 radical (unpaired) electrons. The third-order valence-corrected chi connectivity index (χ3v) is 4.01. The molecule has 25 heavy (non-hydrogen) atoms. The standard InChI is InChI=1S/C17H20N4O4/c1-24-17(23)13-6-4-12(5-7-13)9-18-16(22)15-11-21(20-19-15)10-14-3-2-8-25-14/h4-7,11,14H,2-3,8-10H2,1H3,(H,18,22)/t14-/m1/s1. The van der Waals surface area contributed by atoms with Crippen molar-refractivity contribution in [2.75, 3.05) is 13.7 Å². The summed E-state index contributed by atoms with van der Waals surface area (Å²) in [6, 6.07) is 6.85. The van der Waals surface area contributed by atoms with Crippen LogP contribution in [0.15, 0.2) is 30.5 Å². The number of rotatable bonds is 6. The minimum atomic E-state index is -0.390. The Morgan fingerprint density at radius 1 is 1.36 bits per heavy atom. The highest BCUT2D eigenvalue weighted by atomic mass is 16.5. The number of aromatic nitrogens is 3. The lowest BCUT2D eigenvalue weighted by Crippen LogP contribution is -2.23. The van der Waals surface area contributed by atoms with Gasteiger partial charge >= 0.3 is 5.97 Å². The maximum atomic E-state index is 12.2. The van der Waals surface area contributed by atoms with E-state index in [4.69, 9.17) is 4.74 Å². The Kier molecular flexibility index (Phi) is 5.39. The fraction of sp³-hybridized carbons (Fsp3) is 0.412. The van der Waals surface area contributed by atoms with Crippen LogP contribution in [0.3, 0.4) is 0 Å². The number of carbonyl (C=O) groups is 2. The smallest absolute Gasteiger partial charge is 0.337 e. The first-order valence-electron chi connectivity index (χ1n) is 8.13. The predicted molar refractivity (Wildman–Crippen MR) is 87.9 cm³/mol. The summed E-state index contributed by atoms with van der Waals surface area (Å²) in [5.74, 6) is -0.686. The van der Waals surface area contributed by atoms with Crippen LogP contribution in [0.4, 0.5) is 0 Å². The Bertz CT molecular complexity index is 735. The lowest BCUT2D eigenvalue weighted by molar-refractivity contribution is 0.0600. The van der Waals surface area contributed by atoms with Gasteiger partial charge in [-0.1, -0.05) is 17.3 Å². The summed E-state index contributed by atoms with van der Waals surface area (Å²) in [5, 5.41) is 10.7. The highest BCUT2D eigenvalue weighted by Crippen LogP contribution is 2.13. The van der Waals surface area contributed by atoms with Crippen LogP contribution in [-0.2, 0) is 22.6 Å². The Hall–Kier alpha value is -2.74. The average Bonchev–Trinajstić information content (AvgIpc) is 3.32. The van der Waals surface area contributed by atoms with Crippen molar-refractivity contribution in [1.29, 1.82) is 0 Å². The largest absolute Gasteiger partial charge is 0.465 e. The van der Waals surface area contributed by atoms with Gasteiger partial charge in [0.2, 0.25) is 0 Å². The third-order valence-electron chi connectivity index (χ3n) is 4.01. The van der Waals surface area contributed by atoms with Crippen molar-refractivity contribution in [3.63, 3.8) is 0 Å². The van der Waals surface area contributed by atoms with Gasteiger partial charge in [0.25, 0.3) is 5.91 Å². The van der Waals surface area contributed by atoms with Gasteiger partial charge in [0.15, 0.2) is 5.69 Å². The van der Waals surface area contributed by atoms with Gasteiger partial charge in [-0.05, 0) is 30.5 Å². The van der Waals surface area contributed by atoms with Crippen LogP contribution >= 0.6 is 0 Å². The molecule has 0 unspecified atom stereocenters. The summed E-state index contributed by atoms with van der Waals surface area (Å²) in [6.45, 7) is 1.72. The van der Waals surface area contributed by atoms with E-state index in [1.165, 1.54) is 7.11 Å². The predicted octanol–water partition coefficient (Wildman–Crippen LogP) is 1.17. The summed E-state index contributed by atoms with van der Waals surface area (Å²) in [7, 11) is 1.34. The second-order valence-electron chi connectivity index (χ2n) is 5.83. The van der Waals surface area contributed by atoms with Crippen LogP contribution in [0.25, 0.3) is 0 Å². The van der Waals surface area contributed by atoms with Crippen LogP contribution in [-0.4, -0.2) is 46.7 Å². The van der Waals surface area contributed by atoms with Gasteiger partial charge in [0, 0.05) is 13.2 Å². The fourth-order valence-electron chi connectivity index (χ4n) is 2.64. The van der Waals surface area contributed by atoms with Crippen LogP contribution < -0.4 is 5.32 Å². The van der Waals surface area contributed by atoms with Crippen LogP contribution in [0.5, 0.6) is 0 Å². The molecule has 0 aliphatic carbocycles. The van der Waals surface area contributed by atoms with E-state index >= 15 is 0 Å². The summed E-state index contributed by atoms with van der Waals surface area (Å²) < 4.78 is 11.8. The molecule has 1 aliphatic heterocycles. The number of benzene rings is 1. The molecule has 1 aliphatic rings. The maximum Gasteiger partial charge on any atom is 0.337 e. The van der Waals surface area contributed by atoms with Crippen molar-refractivity contribution < 1.29 is 19.1 Å². The monoisotopic (exact) mass is 344 g/mol. The van der Waals surface area contributed by atoms with Gasteiger partial charge in [-0.25, -0.2) is 9.48 Å². The van der Waals surface area contributed by atoms with Crippen molar-refractivity contribution in [3.8, 4) is 0 Å². The second kappa shape index (κ2) is 7.89. The molecular weight excluding hydrogens is 324 g/mol. The van der Waals surface area contributed by atoms with E-state index in [1.54, 1.807) is 35.1 Å². The average molecular weight is 344 g/mol. The molecule has 8 heteroatoms. The molecular formula is C17H20N4O4. The van der Waals surface area contributed by atoms with Crippen molar-refractivity contribution >= 4 is 11.9 Å². The van der Waals surface area contributed by atoms with Gasteiger partial charge in [-0.2, -0.15) is 0 Å². The lowest BCUT2D eigenvalue weighted by Gasteiger charge is -2.07. The number of nitrogens with zero attached hydrogens (tertiary/aromatic N) is 3. The molecule has 1 aromatic carbocycles. The highest BCUT2D eigenvalue weighted by molar-refractivity contribution is 5.92. The number of hydrogen-bond acceptors (Lipinski definition) is 6. The molecule has 1 atom stereocenters. The number of ether oxygens (including phenoxy) is 2. The topological polar surface area (TPSA) is 95.3 Å². The Morgan fingerprint density at radius 2 is 2.16 bits per heavy atom. The first kappa shape index (κ1) is 17.1. The van der Waals surface area contributed by atoms with E-state index in [9.17, 15) is 9.59 Å². The zero-order valence-corrected chi connectivity index (χ0v) is 14.0. The number of esters is 1. The van der Waals surface area contributed by atoms with Gasteiger partial charge in [-0.3, -0.25) is 4.79 Å². The molecule has 0 saturated carbocycles. The molecule has 0 bridgehead atoms. The molecule has 132 valence electrons. The molecule has 1 saturated heterocycles. The van der Waals surface area contributed by atoms with Gasteiger partial charge in [-0.15, -0.1) is 5.10 Å². The minimum Gasteiger partial charge on any atom is -0.465 e. The molecule has 2 aromatic rings. The number of carbonyl (C=O) groups excluding carboxylic acids is 2. The summed E-state index contributed by atoms with van der Waals surface area (Å²) in [4.78, 5) is 23.5. The molecule has 8 nitrogen and oxygen atoms in total. The van der Waals surface area contributed by atoms with E-state index in [0.717, 1.165) is 25.0 Å². The van der Waals surface area contributed by atoms with Crippen molar-refractivity contribution in [3.05, 3.63) is 47.3 Å². The van der Waals surface area contributed by atoms with E-state index in [-0.39, 0.29) is 17.7 Å². The molecule has 2 heterocycles. The zero-order chi connectivity index (χ0) is 17.6. The second-order valence-corrected chi connectivity index (χ2v) is 5.83. The molecule has 1 amide bonds. The van der Waals surface area contributed by atoms with E-state index in [0.29, 0.717) is 18.7 Å². The number of methoxy groups -OCH3 is 1. The molecule has 1 aromatic heterocycles. The first-order valence-corrected chi connectivity index (χ1v) is 8.13.